The van der Waals surface area contributed by atoms with Gasteiger partial charge in [0.05, 0.1) is 16.5 Å². The first kappa shape index (κ1) is 18.5. The van der Waals surface area contributed by atoms with E-state index in [4.69, 9.17) is 23.2 Å². The second kappa shape index (κ2) is 7.83. The van der Waals surface area contributed by atoms with Crippen LogP contribution in [0.1, 0.15) is 26.2 Å². The summed E-state index contributed by atoms with van der Waals surface area (Å²) in [6, 6.07) is 4.88. The van der Waals surface area contributed by atoms with Gasteiger partial charge in [-0.05, 0) is 37.5 Å². The van der Waals surface area contributed by atoms with Crippen molar-refractivity contribution in [2.45, 2.75) is 26.2 Å². The van der Waals surface area contributed by atoms with E-state index in [0.717, 1.165) is 0 Å². The molecule has 0 radical (unpaired) electrons. The molecule has 5 nitrogen and oxygen atoms in total. The Kier molecular flexibility index (Phi) is 6.31. The molecule has 0 saturated carbocycles. The SMILES string of the molecule is CCCS(=O)(=O)N1CCC(C(=O)Nc2ccc(Cl)cc2Cl)CC1. The van der Waals surface area contributed by atoms with E-state index < -0.39 is 10.0 Å². The molecule has 0 aliphatic carbocycles. The Morgan fingerprint density at radius 3 is 2.52 bits per heavy atom. The van der Waals surface area contributed by atoms with Gasteiger partial charge < -0.3 is 5.32 Å². The van der Waals surface area contributed by atoms with E-state index in [-0.39, 0.29) is 17.6 Å². The first-order valence-electron chi connectivity index (χ1n) is 7.57. The van der Waals surface area contributed by atoms with Crippen LogP contribution in [0.25, 0.3) is 0 Å². The summed E-state index contributed by atoms with van der Waals surface area (Å²) < 4.78 is 25.5. The molecular weight excluding hydrogens is 359 g/mol. The van der Waals surface area contributed by atoms with Gasteiger partial charge in [0, 0.05) is 24.0 Å². The van der Waals surface area contributed by atoms with E-state index in [1.165, 1.54) is 4.31 Å². The highest BCUT2D eigenvalue weighted by atomic mass is 35.5. The third-order valence-electron chi connectivity index (χ3n) is 3.87. The van der Waals surface area contributed by atoms with Crippen molar-refractivity contribution in [1.82, 2.24) is 4.31 Å². The molecule has 0 aromatic heterocycles. The van der Waals surface area contributed by atoms with Crippen molar-refractivity contribution >= 4 is 44.8 Å². The quantitative estimate of drug-likeness (QED) is 0.853. The predicted molar refractivity (Wildman–Crippen MR) is 93.5 cm³/mol. The number of benzene rings is 1. The number of carbonyl (C=O) groups excluding carboxylic acids is 1. The standard InChI is InChI=1S/C15H20Cl2N2O3S/c1-2-9-23(21,22)19-7-5-11(6-8-19)15(20)18-14-4-3-12(16)10-13(14)17/h3-4,10-11H,2,5-9H2,1H3,(H,18,20). The van der Waals surface area contributed by atoms with Gasteiger partial charge in [-0.3, -0.25) is 4.79 Å². The molecule has 1 heterocycles. The van der Waals surface area contributed by atoms with Gasteiger partial charge in [-0.1, -0.05) is 30.1 Å². The van der Waals surface area contributed by atoms with E-state index in [1.54, 1.807) is 18.2 Å². The fourth-order valence-corrected chi connectivity index (χ4v) is 4.61. The fraction of sp³-hybridized carbons (Fsp3) is 0.533. The largest absolute Gasteiger partial charge is 0.325 e. The molecule has 128 valence electrons. The molecule has 8 heteroatoms. The van der Waals surface area contributed by atoms with Crippen LogP contribution in [0.4, 0.5) is 5.69 Å². The minimum atomic E-state index is -3.19. The first-order chi connectivity index (χ1) is 10.8. The Morgan fingerprint density at radius 1 is 1.30 bits per heavy atom. The second-order valence-electron chi connectivity index (χ2n) is 5.60. The van der Waals surface area contributed by atoms with Crippen molar-refractivity contribution in [2.75, 3.05) is 24.2 Å². The number of sulfonamides is 1. The molecule has 1 aromatic carbocycles. The van der Waals surface area contributed by atoms with E-state index >= 15 is 0 Å². The Labute approximate surface area is 147 Å². The number of amides is 1. The summed E-state index contributed by atoms with van der Waals surface area (Å²) in [5, 5.41) is 3.67. The number of hydrogen-bond acceptors (Lipinski definition) is 3. The summed E-state index contributed by atoms with van der Waals surface area (Å²) in [5.41, 5.74) is 0.516. The zero-order valence-electron chi connectivity index (χ0n) is 12.9. The van der Waals surface area contributed by atoms with Crippen molar-refractivity contribution in [3.05, 3.63) is 28.2 Å². The monoisotopic (exact) mass is 378 g/mol. The zero-order chi connectivity index (χ0) is 17.0. The van der Waals surface area contributed by atoms with Gasteiger partial charge >= 0.3 is 0 Å². The van der Waals surface area contributed by atoms with Gasteiger partial charge in [-0.25, -0.2) is 12.7 Å². The maximum Gasteiger partial charge on any atom is 0.227 e. The van der Waals surface area contributed by atoms with E-state index in [2.05, 4.69) is 5.32 Å². The molecule has 0 unspecified atom stereocenters. The molecule has 0 atom stereocenters. The minimum absolute atomic E-state index is 0.137. The molecular formula is C15H20Cl2N2O3S. The van der Waals surface area contributed by atoms with Crippen LogP contribution in [0.15, 0.2) is 18.2 Å². The smallest absolute Gasteiger partial charge is 0.227 e. The van der Waals surface area contributed by atoms with Crippen LogP contribution in [0.5, 0.6) is 0 Å². The number of hydrogen-bond donors (Lipinski definition) is 1. The number of rotatable bonds is 5. The van der Waals surface area contributed by atoms with E-state index in [9.17, 15) is 13.2 Å². The molecule has 1 aromatic rings. The van der Waals surface area contributed by atoms with Crippen molar-refractivity contribution in [3.63, 3.8) is 0 Å². The van der Waals surface area contributed by atoms with Gasteiger partial charge in [0.2, 0.25) is 15.9 Å². The lowest BCUT2D eigenvalue weighted by Gasteiger charge is -2.30. The predicted octanol–water partition coefficient (Wildman–Crippen LogP) is 3.38. The van der Waals surface area contributed by atoms with E-state index in [1.807, 2.05) is 6.92 Å². The zero-order valence-corrected chi connectivity index (χ0v) is 15.2. The number of nitrogens with zero attached hydrogens (tertiary/aromatic N) is 1. The molecule has 1 amide bonds. The number of piperidine rings is 1. The van der Waals surface area contributed by atoms with Gasteiger partial charge in [-0.2, -0.15) is 0 Å². The molecule has 0 bridgehead atoms. The van der Waals surface area contributed by atoms with Crippen molar-refractivity contribution in [1.29, 1.82) is 0 Å². The molecule has 1 N–H and O–H groups in total. The lowest BCUT2D eigenvalue weighted by molar-refractivity contribution is -0.120. The highest BCUT2D eigenvalue weighted by Gasteiger charge is 2.30. The summed E-state index contributed by atoms with van der Waals surface area (Å²) in [5.74, 6) is -0.193. The Balaban J connectivity index is 1.93. The van der Waals surface area contributed by atoms with Crippen LogP contribution in [-0.4, -0.2) is 37.5 Å². The molecule has 1 saturated heterocycles. The fourth-order valence-electron chi connectivity index (χ4n) is 2.61. The van der Waals surface area contributed by atoms with Crippen LogP contribution in [0, 0.1) is 5.92 Å². The third kappa shape index (κ3) is 4.83. The summed E-state index contributed by atoms with van der Waals surface area (Å²) in [7, 11) is -3.19. The summed E-state index contributed by atoms with van der Waals surface area (Å²) in [6.45, 7) is 2.61. The van der Waals surface area contributed by atoms with Gasteiger partial charge in [0.25, 0.3) is 0 Å². The average molecular weight is 379 g/mol. The van der Waals surface area contributed by atoms with Gasteiger partial charge in [0.1, 0.15) is 0 Å². The van der Waals surface area contributed by atoms with Crippen LogP contribution >= 0.6 is 23.2 Å². The summed E-state index contributed by atoms with van der Waals surface area (Å²) >= 11 is 11.9. The molecule has 1 fully saturated rings. The molecule has 1 aliphatic rings. The molecule has 2 rings (SSSR count). The maximum atomic E-state index is 12.3. The molecule has 23 heavy (non-hydrogen) atoms. The normalized spacial score (nSPS) is 17.2. The maximum absolute atomic E-state index is 12.3. The van der Waals surface area contributed by atoms with Crippen molar-refractivity contribution < 1.29 is 13.2 Å². The first-order valence-corrected chi connectivity index (χ1v) is 9.93. The highest BCUT2D eigenvalue weighted by molar-refractivity contribution is 7.89. The molecule has 1 aliphatic heterocycles. The number of anilines is 1. The Bertz CT molecular complexity index is 671. The summed E-state index contributed by atoms with van der Waals surface area (Å²) in [4.78, 5) is 12.3. The van der Waals surface area contributed by atoms with Crippen molar-refractivity contribution in [3.8, 4) is 0 Å². The van der Waals surface area contributed by atoms with Crippen LogP contribution < -0.4 is 5.32 Å². The number of halogens is 2. The second-order valence-corrected chi connectivity index (χ2v) is 8.53. The minimum Gasteiger partial charge on any atom is -0.325 e. The topological polar surface area (TPSA) is 66.5 Å². The third-order valence-corrected chi connectivity index (χ3v) is 6.49. The number of carbonyl (C=O) groups is 1. The lowest BCUT2D eigenvalue weighted by Crippen LogP contribution is -2.42. The average Bonchev–Trinajstić information content (AvgIpc) is 2.50. The highest BCUT2D eigenvalue weighted by Crippen LogP contribution is 2.27. The molecule has 0 spiro atoms. The Hall–Kier alpha value is -0.820. The number of nitrogens with one attached hydrogen (secondary N) is 1. The van der Waals surface area contributed by atoms with E-state index in [0.29, 0.717) is 48.1 Å². The van der Waals surface area contributed by atoms with Gasteiger partial charge in [-0.15, -0.1) is 0 Å². The van der Waals surface area contributed by atoms with Crippen molar-refractivity contribution in [2.24, 2.45) is 5.92 Å². The van der Waals surface area contributed by atoms with Crippen LogP contribution in [-0.2, 0) is 14.8 Å². The Morgan fingerprint density at radius 2 is 1.96 bits per heavy atom. The summed E-state index contributed by atoms with van der Waals surface area (Å²) in [6.07, 6.45) is 1.62. The van der Waals surface area contributed by atoms with Gasteiger partial charge in [0.15, 0.2) is 0 Å². The lowest BCUT2D eigenvalue weighted by atomic mass is 9.97. The van der Waals surface area contributed by atoms with Crippen LogP contribution in [0.2, 0.25) is 10.0 Å². The van der Waals surface area contributed by atoms with Crippen LogP contribution in [0.3, 0.4) is 0 Å².